The van der Waals surface area contributed by atoms with E-state index in [2.05, 4.69) is 15.0 Å². The Bertz CT molecular complexity index is 384. The van der Waals surface area contributed by atoms with Crippen LogP contribution in [0.15, 0.2) is 24.5 Å². The van der Waals surface area contributed by atoms with Crippen LogP contribution in [0, 0.1) is 0 Å². The molecule has 1 N–H and O–H groups in total. The monoisotopic (exact) mass is 180 g/mol. The van der Waals surface area contributed by atoms with Crippen LogP contribution in [0.2, 0.25) is 0 Å². The highest BCUT2D eigenvalue weighted by Crippen LogP contribution is 2.12. The molecule has 4 nitrogen and oxygen atoms in total. The number of hydrogen-bond acceptors (Lipinski definition) is 4. The molecule has 0 saturated carbocycles. The van der Waals surface area contributed by atoms with Gasteiger partial charge in [0.05, 0.1) is 11.7 Å². The van der Waals surface area contributed by atoms with Crippen molar-refractivity contribution in [3.63, 3.8) is 0 Å². The molecule has 0 radical (unpaired) electrons. The summed E-state index contributed by atoms with van der Waals surface area (Å²) < 4.78 is 4.86. The first kappa shape index (κ1) is 7.42. The number of fused-ring (bicyclic) bond motifs is 1. The summed E-state index contributed by atoms with van der Waals surface area (Å²) >= 11 is 1.57. The number of hydrogen-bond donors (Lipinski definition) is 1. The van der Waals surface area contributed by atoms with Crippen molar-refractivity contribution in [1.29, 1.82) is 0 Å². The van der Waals surface area contributed by atoms with Gasteiger partial charge in [0.25, 0.3) is 0 Å². The molecule has 12 heavy (non-hydrogen) atoms. The van der Waals surface area contributed by atoms with Gasteiger partial charge in [-0.2, -0.15) is 0 Å². The Morgan fingerprint density at radius 2 is 2.50 bits per heavy atom. The summed E-state index contributed by atoms with van der Waals surface area (Å²) in [4.78, 5) is 0. The first-order valence-corrected chi connectivity index (χ1v) is 4.72. The lowest BCUT2D eigenvalue weighted by Gasteiger charge is -2.00. The SMILES string of the molecule is CSNc1ccn2nncc2c1. The smallest absolute Gasteiger partial charge is 0.0885 e. The van der Waals surface area contributed by atoms with E-state index < -0.39 is 0 Å². The summed E-state index contributed by atoms with van der Waals surface area (Å²) in [5.41, 5.74) is 2.06. The van der Waals surface area contributed by atoms with Gasteiger partial charge in [-0.1, -0.05) is 17.2 Å². The van der Waals surface area contributed by atoms with Crippen molar-refractivity contribution < 1.29 is 0 Å². The molecule has 0 amide bonds. The molecule has 2 heterocycles. The van der Waals surface area contributed by atoms with E-state index in [0.29, 0.717) is 0 Å². The first-order chi connectivity index (χ1) is 5.90. The summed E-state index contributed by atoms with van der Waals surface area (Å²) in [6.07, 6.45) is 5.59. The number of rotatable bonds is 2. The Morgan fingerprint density at radius 3 is 3.33 bits per heavy atom. The molecule has 2 aromatic rings. The van der Waals surface area contributed by atoms with Crippen LogP contribution >= 0.6 is 11.9 Å². The van der Waals surface area contributed by atoms with Crippen molar-refractivity contribution in [1.82, 2.24) is 14.8 Å². The van der Waals surface area contributed by atoms with Crippen LogP contribution in [0.3, 0.4) is 0 Å². The van der Waals surface area contributed by atoms with Gasteiger partial charge >= 0.3 is 0 Å². The average molecular weight is 180 g/mol. The predicted molar refractivity (Wildman–Crippen MR) is 50.1 cm³/mol. The molecule has 5 heteroatoms. The molecule has 2 aromatic heterocycles. The van der Waals surface area contributed by atoms with Crippen LogP contribution in [-0.2, 0) is 0 Å². The fourth-order valence-electron chi connectivity index (χ4n) is 1.01. The van der Waals surface area contributed by atoms with E-state index in [1.165, 1.54) is 0 Å². The zero-order valence-corrected chi connectivity index (χ0v) is 7.38. The van der Waals surface area contributed by atoms with Crippen LogP contribution < -0.4 is 4.72 Å². The maximum absolute atomic E-state index is 3.85. The molecule has 0 atom stereocenters. The number of pyridine rings is 1. The summed E-state index contributed by atoms with van der Waals surface area (Å²) in [6, 6.07) is 3.95. The first-order valence-electron chi connectivity index (χ1n) is 3.49. The lowest BCUT2D eigenvalue weighted by atomic mass is 10.4. The fraction of sp³-hybridized carbons (Fsp3) is 0.143. The van der Waals surface area contributed by atoms with Crippen LogP contribution in [-0.4, -0.2) is 21.1 Å². The number of nitrogens with one attached hydrogen (secondary N) is 1. The van der Waals surface area contributed by atoms with Gasteiger partial charge in [0.2, 0.25) is 0 Å². The second-order valence-corrected chi connectivity index (χ2v) is 2.94. The van der Waals surface area contributed by atoms with E-state index in [4.69, 9.17) is 0 Å². The molecule has 0 aliphatic carbocycles. The topological polar surface area (TPSA) is 42.2 Å². The Hall–Kier alpha value is -1.23. The van der Waals surface area contributed by atoms with Gasteiger partial charge in [-0.15, -0.1) is 5.10 Å². The van der Waals surface area contributed by atoms with Crippen LogP contribution in [0.5, 0.6) is 0 Å². The minimum absolute atomic E-state index is 0.994. The Morgan fingerprint density at radius 1 is 1.58 bits per heavy atom. The molecule has 0 unspecified atom stereocenters. The Balaban J connectivity index is 2.46. The largest absolute Gasteiger partial charge is 0.330 e. The molecule has 0 fully saturated rings. The van der Waals surface area contributed by atoms with Crippen molar-refractivity contribution >= 4 is 23.2 Å². The standard InChI is InChI=1S/C7H8N4S/c1-12-9-6-2-3-11-7(4-6)5-8-10-11/h2-5,9H,1H3. The van der Waals surface area contributed by atoms with Gasteiger partial charge in [-0.3, -0.25) is 0 Å². The normalized spacial score (nSPS) is 10.4. The minimum Gasteiger partial charge on any atom is -0.330 e. The van der Waals surface area contributed by atoms with E-state index in [9.17, 15) is 0 Å². The maximum atomic E-state index is 3.85. The van der Waals surface area contributed by atoms with Crippen LogP contribution in [0.4, 0.5) is 5.69 Å². The molecule has 0 aliphatic heterocycles. The van der Waals surface area contributed by atoms with Crippen LogP contribution in [0.1, 0.15) is 0 Å². The zero-order valence-electron chi connectivity index (χ0n) is 6.56. The van der Waals surface area contributed by atoms with Gasteiger partial charge in [-0.25, -0.2) is 4.52 Å². The molecule has 0 saturated heterocycles. The van der Waals surface area contributed by atoms with Crippen molar-refractivity contribution in [3.05, 3.63) is 24.5 Å². The van der Waals surface area contributed by atoms with Gasteiger partial charge in [0, 0.05) is 18.1 Å². The van der Waals surface area contributed by atoms with Crippen LogP contribution in [0.25, 0.3) is 5.52 Å². The predicted octanol–water partition coefficient (Wildman–Crippen LogP) is 1.42. The van der Waals surface area contributed by atoms with E-state index in [1.807, 2.05) is 24.6 Å². The highest BCUT2D eigenvalue weighted by Gasteiger charge is 1.95. The van der Waals surface area contributed by atoms with Gasteiger partial charge in [0.1, 0.15) is 0 Å². The fourth-order valence-corrected chi connectivity index (χ4v) is 1.37. The maximum Gasteiger partial charge on any atom is 0.0885 e. The Kier molecular flexibility index (Phi) is 1.87. The van der Waals surface area contributed by atoms with Crippen molar-refractivity contribution in [3.8, 4) is 0 Å². The third-order valence-electron chi connectivity index (χ3n) is 1.52. The summed E-state index contributed by atoms with van der Waals surface area (Å²) in [5, 5.41) is 7.63. The van der Waals surface area contributed by atoms with E-state index in [-0.39, 0.29) is 0 Å². The van der Waals surface area contributed by atoms with E-state index in [1.54, 1.807) is 22.7 Å². The number of aromatic nitrogens is 3. The number of nitrogens with zero attached hydrogens (tertiary/aromatic N) is 3. The van der Waals surface area contributed by atoms with Gasteiger partial charge in [0.15, 0.2) is 0 Å². The molecule has 0 bridgehead atoms. The highest BCUT2D eigenvalue weighted by atomic mass is 32.2. The lowest BCUT2D eigenvalue weighted by molar-refractivity contribution is 0.856. The summed E-state index contributed by atoms with van der Waals surface area (Å²) in [5.74, 6) is 0. The highest BCUT2D eigenvalue weighted by molar-refractivity contribution is 7.99. The quantitative estimate of drug-likeness (QED) is 0.710. The summed E-state index contributed by atoms with van der Waals surface area (Å²) in [6.45, 7) is 0. The minimum atomic E-state index is 0.994. The molecule has 2 rings (SSSR count). The van der Waals surface area contributed by atoms with Crippen molar-refractivity contribution in [2.45, 2.75) is 0 Å². The van der Waals surface area contributed by atoms with E-state index >= 15 is 0 Å². The second-order valence-electron chi connectivity index (χ2n) is 2.33. The van der Waals surface area contributed by atoms with Gasteiger partial charge in [-0.05, 0) is 12.1 Å². The van der Waals surface area contributed by atoms with Crippen molar-refractivity contribution in [2.75, 3.05) is 11.0 Å². The molecule has 0 spiro atoms. The summed E-state index contributed by atoms with van der Waals surface area (Å²) in [7, 11) is 0. The lowest BCUT2D eigenvalue weighted by Crippen LogP contribution is -1.89. The second kappa shape index (κ2) is 3.02. The Labute approximate surface area is 74.1 Å². The van der Waals surface area contributed by atoms with E-state index in [0.717, 1.165) is 11.2 Å². The molecular weight excluding hydrogens is 172 g/mol. The zero-order chi connectivity index (χ0) is 8.39. The molecule has 62 valence electrons. The third kappa shape index (κ3) is 1.23. The van der Waals surface area contributed by atoms with Gasteiger partial charge < -0.3 is 4.72 Å². The molecular formula is C7H8N4S. The van der Waals surface area contributed by atoms with Crippen molar-refractivity contribution in [2.24, 2.45) is 0 Å². The number of anilines is 1. The molecule has 0 aliphatic rings. The molecule has 0 aromatic carbocycles. The third-order valence-corrected chi connectivity index (χ3v) is 1.96. The average Bonchev–Trinajstić information content (AvgIpc) is 2.51.